The molecule has 2 rings (SSSR count). The fourth-order valence-corrected chi connectivity index (χ4v) is 4.11. The van der Waals surface area contributed by atoms with Crippen LogP contribution < -0.4 is 18.9 Å². The van der Waals surface area contributed by atoms with E-state index < -0.39 is 0 Å². The fourth-order valence-electron chi connectivity index (χ4n) is 4.11. The SMILES string of the molecule is C=[C-]CN(C)[C@H]1C[C@H]2CC[C@]1(C)C2(C)C.[Li+]. The Balaban J connectivity index is 0.00000128. The molecule has 0 N–H and O–H groups in total. The number of likely N-dealkylation sites (N-methyl/N-ethyl adjacent to an activating group) is 1. The molecule has 0 aromatic carbocycles. The Bertz CT molecular complexity index is 274. The van der Waals surface area contributed by atoms with Crippen LogP contribution in [0.15, 0.2) is 6.58 Å². The van der Waals surface area contributed by atoms with Gasteiger partial charge in [-0.3, -0.25) is 6.58 Å². The maximum atomic E-state index is 3.73. The Kier molecular flexibility index (Phi) is 4.06. The zero-order valence-corrected chi connectivity index (χ0v) is 11.6. The smallest absolute Gasteiger partial charge is 0.489 e. The number of nitrogens with zero attached hydrogens (tertiary/aromatic N) is 1. The molecule has 0 radical (unpaired) electrons. The van der Waals surface area contributed by atoms with Crippen molar-refractivity contribution in [1.82, 2.24) is 4.90 Å². The molecule has 0 spiro atoms. The van der Waals surface area contributed by atoms with Crippen molar-refractivity contribution in [2.24, 2.45) is 16.7 Å². The molecule has 2 heteroatoms. The van der Waals surface area contributed by atoms with Gasteiger partial charge < -0.3 is 11.0 Å². The average molecular weight is 213 g/mol. The average Bonchev–Trinajstić information content (AvgIpc) is 2.49. The van der Waals surface area contributed by atoms with Crippen molar-refractivity contribution < 1.29 is 18.9 Å². The van der Waals surface area contributed by atoms with E-state index in [1.54, 1.807) is 0 Å². The number of hydrogen-bond donors (Lipinski definition) is 0. The minimum absolute atomic E-state index is 0. The number of rotatable bonds is 3. The van der Waals surface area contributed by atoms with Crippen molar-refractivity contribution in [1.29, 1.82) is 0 Å². The minimum Gasteiger partial charge on any atom is -0.489 e. The third-order valence-electron chi connectivity index (χ3n) is 5.64. The Morgan fingerprint density at radius 3 is 2.38 bits per heavy atom. The van der Waals surface area contributed by atoms with Crippen molar-refractivity contribution in [2.75, 3.05) is 13.6 Å². The molecule has 16 heavy (non-hydrogen) atoms. The fraction of sp³-hybridized carbons (Fsp3) is 0.857. The van der Waals surface area contributed by atoms with Crippen LogP contribution in [0.4, 0.5) is 0 Å². The van der Waals surface area contributed by atoms with E-state index >= 15 is 0 Å². The molecule has 2 aliphatic rings. The summed E-state index contributed by atoms with van der Waals surface area (Å²) in [6, 6.07) is 0.737. The number of hydrogen-bond acceptors (Lipinski definition) is 1. The predicted octanol–water partition coefficient (Wildman–Crippen LogP) is 0.126. The zero-order chi connectivity index (χ0) is 11.3. The van der Waals surface area contributed by atoms with Gasteiger partial charge in [0.1, 0.15) is 0 Å². The largest absolute Gasteiger partial charge is 1.00 e. The first-order chi connectivity index (χ1) is 6.93. The third-order valence-corrected chi connectivity index (χ3v) is 5.64. The van der Waals surface area contributed by atoms with Gasteiger partial charge in [-0.2, -0.15) is 0 Å². The molecule has 0 saturated heterocycles. The first-order valence-electron chi connectivity index (χ1n) is 6.13. The predicted molar refractivity (Wildman–Crippen MR) is 64.5 cm³/mol. The monoisotopic (exact) mass is 213 g/mol. The number of fused-ring (bicyclic) bond motifs is 2. The summed E-state index contributed by atoms with van der Waals surface area (Å²) in [6.45, 7) is 12.1. The van der Waals surface area contributed by atoms with E-state index in [-0.39, 0.29) is 18.9 Å². The van der Waals surface area contributed by atoms with Crippen molar-refractivity contribution in [3.63, 3.8) is 0 Å². The van der Waals surface area contributed by atoms with Gasteiger partial charge in [-0.25, -0.2) is 0 Å². The molecule has 2 bridgehead atoms. The van der Waals surface area contributed by atoms with E-state index in [2.05, 4.69) is 45.4 Å². The van der Waals surface area contributed by atoms with E-state index in [0.29, 0.717) is 10.8 Å². The summed E-state index contributed by atoms with van der Waals surface area (Å²) >= 11 is 0. The summed E-state index contributed by atoms with van der Waals surface area (Å²) in [6.07, 6.45) is 7.24. The molecule has 0 aromatic rings. The molecular formula is C14H24LiN. The van der Waals surface area contributed by atoms with Gasteiger partial charge in [0.2, 0.25) is 0 Å². The normalized spacial score (nSPS) is 39.8. The molecule has 0 aromatic heterocycles. The van der Waals surface area contributed by atoms with Crippen LogP contribution in [0.2, 0.25) is 0 Å². The summed E-state index contributed by atoms with van der Waals surface area (Å²) in [7, 11) is 2.23. The molecule has 2 aliphatic carbocycles. The van der Waals surface area contributed by atoms with Crippen LogP contribution in [0, 0.1) is 22.8 Å². The van der Waals surface area contributed by atoms with Crippen LogP contribution in [-0.2, 0) is 0 Å². The second-order valence-electron chi connectivity index (χ2n) is 6.29. The molecule has 0 heterocycles. The molecule has 1 nitrogen and oxygen atoms in total. The molecule has 0 amide bonds. The Labute approximate surface area is 113 Å². The van der Waals surface area contributed by atoms with Gasteiger partial charge in [0, 0.05) is 6.04 Å². The Morgan fingerprint density at radius 2 is 2.00 bits per heavy atom. The van der Waals surface area contributed by atoms with E-state index in [1.165, 1.54) is 19.3 Å². The molecule has 86 valence electrons. The van der Waals surface area contributed by atoms with Crippen LogP contribution in [0.25, 0.3) is 0 Å². The van der Waals surface area contributed by atoms with Gasteiger partial charge in [-0.1, -0.05) is 20.8 Å². The Hall–Kier alpha value is 0.297. The summed E-state index contributed by atoms with van der Waals surface area (Å²) in [5.41, 5.74) is 1.02. The molecule has 2 fully saturated rings. The van der Waals surface area contributed by atoms with Gasteiger partial charge in [0.05, 0.1) is 0 Å². The third kappa shape index (κ3) is 1.72. The van der Waals surface area contributed by atoms with Gasteiger partial charge in [0.25, 0.3) is 0 Å². The molecular weight excluding hydrogens is 189 g/mol. The Morgan fingerprint density at radius 1 is 1.38 bits per heavy atom. The van der Waals surface area contributed by atoms with Gasteiger partial charge >= 0.3 is 18.9 Å². The van der Waals surface area contributed by atoms with Crippen LogP contribution in [-0.4, -0.2) is 24.5 Å². The minimum atomic E-state index is 0. The van der Waals surface area contributed by atoms with Crippen LogP contribution in [0.1, 0.15) is 40.0 Å². The summed E-state index contributed by atoms with van der Waals surface area (Å²) in [5.74, 6) is 0.930. The van der Waals surface area contributed by atoms with Gasteiger partial charge in [0.15, 0.2) is 0 Å². The van der Waals surface area contributed by atoms with Crippen molar-refractivity contribution in [3.05, 3.63) is 12.7 Å². The first kappa shape index (κ1) is 14.4. The van der Waals surface area contributed by atoms with Gasteiger partial charge in [-0.05, 0) is 43.1 Å². The standard InChI is InChI=1S/C14H24N.Li/c1-6-9-15(5)12-10-11-7-8-14(12,4)13(11,2)3;/h11-12H,1,7-10H2,2-5H3;/q-1;+1/t11-,12+,14+;/m1./s1. The second-order valence-corrected chi connectivity index (χ2v) is 6.29. The summed E-state index contributed by atoms with van der Waals surface area (Å²) in [5, 5.41) is 0. The van der Waals surface area contributed by atoms with Gasteiger partial charge in [-0.15, -0.1) is 6.54 Å². The van der Waals surface area contributed by atoms with E-state index in [1.807, 2.05) is 0 Å². The van der Waals surface area contributed by atoms with E-state index in [4.69, 9.17) is 0 Å². The maximum absolute atomic E-state index is 3.73. The van der Waals surface area contributed by atoms with Crippen LogP contribution in [0.5, 0.6) is 0 Å². The van der Waals surface area contributed by atoms with Crippen molar-refractivity contribution in [3.8, 4) is 0 Å². The van der Waals surface area contributed by atoms with Crippen molar-refractivity contribution in [2.45, 2.75) is 46.1 Å². The second kappa shape index (κ2) is 4.52. The zero-order valence-electron chi connectivity index (χ0n) is 11.6. The molecule has 0 aliphatic heterocycles. The first-order valence-corrected chi connectivity index (χ1v) is 6.13. The molecule has 2 saturated carbocycles. The quantitative estimate of drug-likeness (QED) is 0.476. The van der Waals surface area contributed by atoms with E-state index in [9.17, 15) is 0 Å². The van der Waals surface area contributed by atoms with E-state index in [0.717, 1.165) is 18.5 Å². The van der Waals surface area contributed by atoms with Crippen molar-refractivity contribution >= 4 is 0 Å². The maximum Gasteiger partial charge on any atom is 1.00 e. The molecule has 0 unspecified atom stereocenters. The summed E-state index contributed by atoms with van der Waals surface area (Å²) in [4.78, 5) is 2.45. The topological polar surface area (TPSA) is 3.24 Å². The summed E-state index contributed by atoms with van der Waals surface area (Å²) < 4.78 is 0. The molecule has 3 atom stereocenters. The van der Waals surface area contributed by atoms with Crippen LogP contribution in [0.3, 0.4) is 0 Å². The van der Waals surface area contributed by atoms with Crippen LogP contribution >= 0.6 is 0 Å².